The van der Waals surface area contributed by atoms with Gasteiger partial charge in [-0.2, -0.15) is 0 Å². The molecule has 1 saturated heterocycles. The lowest BCUT2D eigenvalue weighted by atomic mass is 10.0. The summed E-state index contributed by atoms with van der Waals surface area (Å²) in [6.07, 6.45) is 3.88. The first kappa shape index (κ1) is 14.1. The predicted molar refractivity (Wildman–Crippen MR) is 85.5 cm³/mol. The Hall–Kier alpha value is -1.81. The van der Waals surface area contributed by atoms with E-state index < -0.39 is 0 Å². The van der Waals surface area contributed by atoms with E-state index in [0.717, 1.165) is 42.4 Å². The molecule has 3 rings (SSSR count). The first-order valence-corrected chi connectivity index (χ1v) is 7.85. The maximum absolute atomic E-state index is 13.0. The molecule has 2 atom stereocenters. The van der Waals surface area contributed by atoms with Gasteiger partial charge in [-0.1, -0.05) is 32.0 Å². The smallest absolute Gasteiger partial charge is 0.256 e. The number of piperazine rings is 1. The van der Waals surface area contributed by atoms with Gasteiger partial charge in [-0.3, -0.25) is 4.79 Å². The van der Waals surface area contributed by atoms with Crippen molar-refractivity contribution >= 4 is 16.8 Å². The molecule has 1 aromatic carbocycles. The molecule has 1 aliphatic rings. The van der Waals surface area contributed by atoms with Gasteiger partial charge < -0.3 is 15.2 Å². The lowest BCUT2D eigenvalue weighted by Gasteiger charge is -2.40. The Morgan fingerprint density at radius 2 is 2.10 bits per heavy atom. The van der Waals surface area contributed by atoms with E-state index in [-0.39, 0.29) is 11.9 Å². The largest absolute Gasteiger partial charge is 0.360 e. The number of nitrogens with one attached hydrogen (secondary N) is 2. The van der Waals surface area contributed by atoms with Crippen LogP contribution in [-0.2, 0) is 0 Å². The second-order valence-electron chi connectivity index (χ2n) is 5.78. The van der Waals surface area contributed by atoms with Crippen molar-refractivity contribution in [3.8, 4) is 0 Å². The molecule has 112 valence electrons. The van der Waals surface area contributed by atoms with Crippen LogP contribution in [0.2, 0.25) is 0 Å². The molecule has 4 heteroatoms. The highest BCUT2D eigenvalue weighted by Crippen LogP contribution is 2.22. The Balaban J connectivity index is 1.92. The summed E-state index contributed by atoms with van der Waals surface area (Å²) < 4.78 is 0. The van der Waals surface area contributed by atoms with Crippen LogP contribution >= 0.6 is 0 Å². The zero-order valence-corrected chi connectivity index (χ0v) is 12.7. The molecule has 2 N–H and O–H groups in total. The molecular formula is C17H23N3O. The second kappa shape index (κ2) is 5.90. The number of hydrogen-bond acceptors (Lipinski definition) is 2. The molecule has 0 spiro atoms. The van der Waals surface area contributed by atoms with Gasteiger partial charge in [0.25, 0.3) is 5.91 Å². The maximum Gasteiger partial charge on any atom is 0.256 e. The second-order valence-corrected chi connectivity index (χ2v) is 5.78. The van der Waals surface area contributed by atoms with Gasteiger partial charge in [-0.25, -0.2) is 0 Å². The van der Waals surface area contributed by atoms with Crippen molar-refractivity contribution in [2.24, 2.45) is 0 Å². The number of carbonyl (C=O) groups excluding carboxylic acids is 1. The molecule has 21 heavy (non-hydrogen) atoms. The highest BCUT2D eigenvalue weighted by molar-refractivity contribution is 6.06. The van der Waals surface area contributed by atoms with Crippen LogP contribution in [0.3, 0.4) is 0 Å². The molecule has 2 aromatic rings. The monoisotopic (exact) mass is 285 g/mol. The van der Waals surface area contributed by atoms with Crippen LogP contribution in [0.4, 0.5) is 0 Å². The van der Waals surface area contributed by atoms with Gasteiger partial charge >= 0.3 is 0 Å². The van der Waals surface area contributed by atoms with Crippen molar-refractivity contribution in [3.05, 3.63) is 36.0 Å². The van der Waals surface area contributed by atoms with E-state index in [0.29, 0.717) is 6.04 Å². The summed E-state index contributed by atoms with van der Waals surface area (Å²) in [4.78, 5) is 18.2. The summed E-state index contributed by atoms with van der Waals surface area (Å²) in [6.45, 7) is 6.00. The molecule has 2 unspecified atom stereocenters. The van der Waals surface area contributed by atoms with E-state index in [1.807, 2.05) is 30.5 Å². The number of carbonyl (C=O) groups is 1. The molecule has 1 amide bonds. The van der Waals surface area contributed by atoms with E-state index in [1.54, 1.807) is 0 Å². The minimum atomic E-state index is 0.152. The summed E-state index contributed by atoms with van der Waals surface area (Å²) in [5.74, 6) is 0.152. The minimum absolute atomic E-state index is 0.152. The van der Waals surface area contributed by atoms with Gasteiger partial charge in [0.15, 0.2) is 0 Å². The summed E-state index contributed by atoms with van der Waals surface area (Å²) in [6, 6.07) is 8.68. The lowest BCUT2D eigenvalue weighted by molar-refractivity contribution is 0.0578. The number of aromatic amines is 1. The fourth-order valence-electron chi connectivity index (χ4n) is 3.15. The Bertz CT molecular complexity index is 634. The summed E-state index contributed by atoms with van der Waals surface area (Å²) in [5, 5.41) is 4.55. The normalized spacial score (nSPS) is 22.7. The number of benzene rings is 1. The van der Waals surface area contributed by atoms with Gasteiger partial charge in [0.05, 0.1) is 5.56 Å². The van der Waals surface area contributed by atoms with Crippen LogP contribution in [0.5, 0.6) is 0 Å². The van der Waals surface area contributed by atoms with Crippen molar-refractivity contribution in [2.75, 3.05) is 13.1 Å². The zero-order valence-electron chi connectivity index (χ0n) is 12.7. The average molecular weight is 285 g/mol. The molecular weight excluding hydrogens is 262 g/mol. The van der Waals surface area contributed by atoms with Crippen molar-refractivity contribution in [1.82, 2.24) is 15.2 Å². The molecule has 4 nitrogen and oxygen atoms in total. The van der Waals surface area contributed by atoms with E-state index in [2.05, 4.69) is 29.0 Å². The third kappa shape index (κ3) is 2.56. The van der Waals surface area contributed by atoms with Crippen LogP contribution in [-0.4, -0.2) is 41.0 Å². The molecule has 1 aromatic heterocycles. The Labute approximate surface area is 125 Å². The minimum Gasteiger partial charge on any atom is -0.360 e. The Morgan fingerprint density at radius 1 is 1.29 bits per heavy atom. The number of fused-ring (bicyclic) bond motifs is 1. The number of rotatable bonds is 3. The van der Waals surface area contributed by atoms with Crippen LogP contribution < -0.4 is 5.32 Å². The number of aromatic nitrogens is 1. The highest BCUT2D eigenvalue weighted by atomic mass is 16.2. The van der Waals surface area contributed by atoms with Gasteiger partial charge in [-0.05, 0) is 18.9 Å². The molecule has 2 heterocycles. The quantitative estimate of drug-likeness (QED) is 0.911. The first-order chi connectivity index (χ1) is 10.2. The number of hydrogen-bond donors (Lipinski definition) is 2. The SMILES string of the molecule is CCC1CN(C(=O)c2c[nH]c3ccccc23)C(CC)CN1. The van der Waals surface area contributed by atoms with Crippen LogP contribution in [0.1, 0.15) is 37.0 Å². The molecule has 0 saturated carbocycles. The van der Waals surface area contributed by atoms with Gasteiger partial charge in [0.1, 0.15) is 0 Å². The van der Waals surface area contributed by atoms with Gasteiger partial charge in [-0.15, -0.1) is 0 Å². The van der Waals surface area contributed by atoms with E-state index in [4.69, 9.17) is 0 Å². The van der Waals surface area contributed by atoms with E-state index in [9.17, 15) is 4.79 Å². The van der Waals surface area contributed by atoms with Gasteiger partial charge in [0.2, 0.25) is 0 Å². The summed E-state index contributed by atoms with van der Waals surface area (Å²) in [5.41, 5.74) is 1.82. The lowest BCUT2D eigenvalue weighted by Crippen LogP contribution is -2.57. The van der Waals surface area contributed by atoms with Crippen LogP contribution in [0.15, 0.2) is 30.5 Å². The molecule has 1 aliphatic heterocycles. The summed E-state index contributed by atoms with van der Waals surface area (Å²) >= 11 is 0. The number of nitrogens with zero attached hydrogens (tertiary/aromatic N) is 1. The van der Waals surface area contributed by atoms with E-state index >= 15 is 0 Å². The third-order valence-corrected chi connectivity index (χ3v) is 4.54. The zero-order chi connectivity index (χ0) is 14.8. The standard InChI is InChI=1S/C17H23N3O/c1-3-12-11-20(13(4-2)9-18-12)17(21)15-10-19-16-8-6-5-7-14(15)16/h5-8,10,12-13,18-19H,3-4,9,11H2,1-2H3. The average Bonchev–Trinajstić information content (AvgIpc) is 2.97. The van der Waals surface area contributed by atoms with Gasteiger partial charge in [0, 0.05) is 42.3 Å². The topological polar surface area (TPSA) is 48.1 Å². The van der Waals surface area contributed by atoms with Crippen molar-refractivity contribution in [2.45, 2.75) is 38.8 Å². The molecule has 0 aliphatic carbocycles. The Kier molecular flexibility index (Phi) is 3.97. The first-order valence-electron chi connectivity index (χ1n) is 7.85. The third-order valence-electron chi connectivity index (χ3n) is 4.54. The van der Waals surface area contributed by atoms with Crippen LogP contribution in [0, 0.1) is 0 Å². The number of amides is 1. The molecule has 0 radical (unpaired) electrons. The molecule has 1 fully saturated rings. The summed E-state index contributed by atoms with van der Waals surface area (Å²) in [7, 11) is 0. The fourth-order valence-corrected chi connectivity index (χ4v) is 3.15. The fraction of sp³-hybridized carbons (Fsp3) is 0.471. The van der Waals surface area contributed by atoms with Crippen molar-refractivity contribution in [1.29, 1.82) is 0 Å². The maximum atomic E-state index is 13.0. The highest BCUT2D eigenvalue weighted by Gasteiger charge is 2.31. The predicted octanol–water partition coefficient (Wildman–Crippen LogP) is 2.77. The Morgan fingerprint density at radius 3 is 2.86 bits per heavy atom. The number of H-pyrrole nitrogens is 1. The van der Waals surface area contributed by atoms with Crippen molar-refractivity contribution in [3.63, 3.8) is 0 Å². The molecule has 0 bridgehead atoms. The van der Waals surface area contributed by atoms with E-state index in [1.165, 1.54) is 0 Å². The number of para-hydroxylation sites is 1. The van der Waals surface area contributed by atoms with Crippen LogP contribution in [0.25, 0.3) is 10.9 Å². The van der Waals surface area contributed by atoms with Crippen molar-refractivity contribution < 1.29 is 4.79 Å².